The third-order valence-corrected chi connectivity index (χ3v) is 6.76. The summed E-state index contributed by atoms with van der Waals surface area (Å²) in [7, 11) is -3.80. The van der Waals surface area contributed by atoms with Crippen LogP contribution in [0.4, 0.5) is 17.3 Å². The van der Waals surface area contributed by atoms with Crippen molar-refractivity contribution < 1.29 is 13.2 Å². The summed E-state index contributed by atoms with van der Waals surface area (Å²) in [5, 5.41) is 7.63. The molecule has 0 saturated carbocycles. The third-order valence-electron chi connectivity index (χ3n) is 4.56. The van der Waals surface area contributed by atoms with Crippen molar-refractivity contribution in [3.05, 3.63) is 64.7 Å². The first-order valence-corrected chi connectivity index (χ1v) is 11.4. The number of anilines is 3. The fourth-order valence-electron chi connectivity index (χ4n) is 3.15. The smallest absolute Gasteiger partial charge is 0.264 e. The molecule has 0 atom stereocenters. The van der Waals surface area contributed by atoms with Crippen LogP contribution in [0.25, 0.3) is 22.5 Å². The van der Waals surface area contributed by atoms with Crippen molar-refractivity contribution in [1.82, 2.24) is 15.0 Å². The zero-order valence-corrected chi connectivity index (χ0v) is 17.4. The minimum absolute atomic E-state index is 0.00580. The highest BCUT2D eigenvalue weighted by Gasteiger charge is 2.16. The number of rotatable bonds is 5. The Bertz CT molecular complexity index is 1530. The van der Waals surface area contributed by atoms with E-state index in [0.29, 0.717) is 5.69 Å². The molecule has 0 spiro atoms. The van der Waals surface area contributed by atoms with Gasteiger partial charge in [0.2, 0.25) is 11.9 Å². The number of carbonyl (C=O) groups is 1. The molecule has 0 unspecified atom stereocenters. The summed E-state index contributed by atoms with van der Waals surface area (Å²) in [6, 6.07) is 9.72. The van der Waals surface area contributed by atoms with Gasteiger partial charge in [0.05, 0.1) is 26.3 Å². The van der Waals surface area contributed by atoms with Gasteiger partial charge in [-0.25, -0.2) is 28.1 Å². The van der Waals surface area contributed by atoms with E-state index < -0.39 is 10.0 Å². The molecule has 3 heterocycles. The first kappa shape index (κ1) is 19.2. The van der Waals surface area contributed by atoms with Crippen molar-refractivity contribution in [2.45, 2.75) is 4.90 Å². The van der Waals surface area contributed by atoms with Gasteiger partial charge in [-0.1, -0.05) is 0 Å². The molecule has 1 aliphatic rings. The van der Waals surface area contributed by atoms with Crippen LogP contribution in [0.2, 0.25) is 0 Å². The number of thiazole rings is 1. The second kappa shape index (κ2) is 7.45. The molecule has 4 aromatic rings. The minimum atomic E-state index is -3.80. The van der Waals surface area contributed by atoms with E-state index in [1.165, 1.54) is 35.9 Å². The fraction of sp³-hybridized carbons (Fsp3) is 0. The molecule has 31 heavy (non-hydrogen) atoms. The van der Waals surface area contributed by atoms with Crippen molar-refractivity contribution in [1.29, 1.82) is 0 Å². The van der Waals surface area contributed by atoms with Crippen LogP contribution in [0.15, 0.2) is 59.2 Å². The van der Waals surface area contributed by atoms with Gasteiger partial charge in [-0.3, -0.25) is 4.79 Å². The normalized spacial score (nSPS) is 13.5. The highest BCUT2D eigenvalue weighted by atomic mass is 32.2. The Morgan fingerprint density at radius 2 is 1.84 bits per heavy atom. The molecule has 11 heteroatoms. The van der Waals surface area contributed by atoms with Gasteiger partial charge in [-0.05, 0) is 36.4 Å². The number of nitrogens with zero attached hydrogens (tertiary/aromatic N) is 3. The number of carbonyl (C=O) groups excluding carboxylic acids is 1. The average Bonchev–Trinajstić information content (AvgIpc) is 3.39. The average molecular weight is 451 g/mol. The van der Waals surface area contributed by atoms with Crippen molar-refractivity contribution in [2.75, 3.05) is 15.4 Å². The maximum absolute atomic E-state index is 12.5. The molecular formula is C20H14N6O3S2. The molecular weight excluding hydrogens is 436 g/mol. The number of hydrogen-bond acceptors (Lipinski definition) is 8. The zero-order valence-electron chi connectivity index (χ0n) is 15.7. The topological polar surface area (TPSA) is 126 Å². The Morgan fingerprint density at radius 1 is 1.06 bits per heavy atom. The number of amides is 1. The van der Waals surface area contributed by atoms with Crippen LogP contribution in [-0.4, -0.2) is 29.3 Å². The van der Waals surface area contributed by atoms with Gasteiger partial charge in [0.1, 0.15) is 0 Å². The first-order valence-electron chi connectivity index (χ1n) is 9.05. The van der Waals surface area contributed by atoms with E-state index >= 15 is 0 Å². The van der Waals surface area contributed by atoms with Crippen LogP contribution < -0.4 is 25.8 Å². The molecule has 0 aliphatic carbocycles. The van der Waals surface area contributed by atoms with Crippen molar-refractivity contribution >= 4 is 67.1 Å². The number of nitrogens with one attached hydrogen (secondary N) is 3. The second-order valence-corrected chi connectivity index (χ2v) is 9.12. The van der Waals surface area contributed by atoms with E-state index in [9.17, 15) is 13.2 Å². The van der Waals surface area contributed by atoms with Gasteiger partial charge in [0.25, 0.3) is 10.0 Å². The van der Waals surface area contributed by atoms with E-state index in [1.807, 2.05) is 6.07 Å². The Labute approximate surface area is 180 Å². The lowest BCUT2D eigenvalue weighted by molar-refractivity contribution is -0.110. The van der Waals surface area contributed by atoms with Crippen LogP contribution >= 0.6 is 11.3 Å². The minimum Gasteiger partial charge on any atom is -0.361 e. The van der Waals surface area contributed by atoms with Gasteiger partial charge >= 0.3 is 0 Å². The lowest BCUT2D eigenvalue weighted by Gasteiger charge is -2.07. The second-order valence-electron chi connectivity index (χ2n) is 6.58. The summed E-state index contributed by atoms with van der Waals surface area (Å²) < 4.78 is 28.2. The quantitative estimate of drug-likeness (QED) is 0.420. The highest BCUT2D eigenvalue weighted by molar-refractivity contribution is 7.92. The summed E-state index contributed by atoms with van der Waals surface area (Å²) in [4.78, 5) is 23.9. The molecule has 0 saturated heterocycles. The third kappa shape index (κ3) is 3.71. The van der Waals surface area contributed by atoms with E-state index in [2.05, 4.69) is 30.3 Å². The molecule has 1 aliphatic heterocycles. The number of sulfonamides is 1. The first-order chi connectivity index (χ1) is 15.0. The van der Waals surface area contributed by atoms with Crippen LogP contribution in [-0.2, 0) is 14.8 Å². The summed E-state index contributed by atoms with van der Waals surface area (Å²) in [6.45, 7) is 0. The predicted octanol–water partition coefficient (Wildman–Crippen LogP) is 1.47. The van der Waals surface area contributed by atoms with Gasteiger partial charge in [-0.15, -0.1) is 11.3 Å². The Hall–Kier alpha value is -3.83. The van der Waals surface area contributed by atoms with E-state index in [4.69, 9.17) is 0 Å². The molecule has 0 radical (unpaired) electrons. The Balaban J connectivity index is 1.41. The molecule has 9 nitrogen and oxygen atoms in total. The van der Waals surface area contributed by atoms with Crippen molar-refractivity contribution in [3.8, 4) is 0 Å². The van der Waals surface area contributed by atoms with Gasteiger partial charge in [0.15, 0.2) is 0 Å². The fourth-order valence-corrected chi connectivity index (χ4v) is 4.95. The van der Waals surface area contributed by atoms with Crippen LogP contribution in [0, 0.1) is 0 Å². The number of benzene rings is 2. The molecule has 2 aromatic carbocycles. The summed E-state index contributed by atoms with van der Waals surface area (Å²) in [5.74, 6) is -0.146. The monoisotopic (exact) mass is 450 g/mol. The number of hydrogen-bond donors (Lipinski definition) is 3. The van der Waals surface area contributed by atoms with Crippen molar-refractivity contribution in [2.24, 2.45) is 0 Å². The van der Waals surface area contributed by atoms with Crippen molar-refractivity contribution in [3.63, 3.8) is 0 Å². The van der Waals surface area contributed by atoms with Gasteiger partial charge < -0.3 is 10.6 Å². The zero-order chi connectivity index (χ0) is 21.4. The maximum Gasteiger partial charge on any atom is 0.264 e. The van der Waals surface area contributed by atoms with Crippen LogP contribution in [0.3, 0.4) is 0 Å². The maximum atomic E-state index is 12.5. The van der Waals surface area contributed by atoms with E-state index in [0.717, 1.165) is 26.3 Å². The number of fused-ring (bicyclic) bond motifs is 3. The lowest BCUT2D eigenvalue weighted by atomic mass is 10.2. The summed E-state index contributed by atoms with van der Waals surface area (Å²) in [5.41, 5.74) is 3.96. The molecule has 1 amide bonds. The van der Waals surface area contributed by atoms with E-state index in [1.54, 1.807) is 36.0 Å². The standard InChI is InChI=1S/C20H14N6O3S2/c27-17-9-15-16(25-17)8-12(18-19(15)30-11-24-18)10-23-13-2-4-14(5-3-13)31(28,29)26-20-21-6-1-7-22-20/h1-11,23H,(H,25,27)(H,21,22,26). The SMILES string of the molecule is O=C1C=c2c(cc(=CNc3ccc(S(=O)(=O)Nc4ncccn4)cc3)c3ncsc23)N1. The summed E-state index contributed by atoms with van der Waals surface area (Å²) in [6.07, 6.45) is 6.25. The van der Waals surface area contributed by atoms with Gasteiger partial charge in [0, 0.05) is 40.8 Å². The molecule has 154 valence electrons. The summed E-state index contributed by atoms with van der Waals surface area (Å²) >= 11 is 1.47. The largest absolute Gasteiger partial charge is 0.361 e. The Kier molecular flexibility index (Phi) is 4.60. The van der Waals surface area contributed by atoms with Crippen LogP contribution in [0.1, 0.15) is 0 Å². The molecule has 3 N–H and O–H groups in total. The Morgan fingerprint density at radius 3 is 2.61 bits per heavy atom. The number of aromatic nitrogens is 3. The van der Waals surface area contributed by atoms with Crippen LogP contribution in [0.5, 0.6) is 0 Å². The molecule has 5 rings (SSSR count). The molecule has 0 bridgehead atoms. The lowest BCUT2D eigenvalue weighted by Crippen LogP contribution is -2.15. The van der Waals surface area contributed by atoms with Gasteiger partial charge in [-0.2, -0.15) is 0 Å². The molecule has 0 fully saturated rings. The van der Waals surface area contributed by atoms with E-state index in [-0.39, 0.29) is 16.8 Å². The predicted molar refractivity (Wildman–Crippen MR) is 119 cm³/mol. The molecule has 2 aromatic heterocycles. The highest BCUT2D eigenvalue weighted by Crippen LogP contribution is 2.18.